The number of amides is 4. The number of carboxylic acid groups (broad SMARTS) is 2. The molecule has 0 aliphatic carbocycles. The molecule has 0 saturated carbocycles. The van der Waals surface area contributed by atoms with Crippen molar-refractivity contribution < 1.29 is 41.7 Å². The van der Waals surface area contributed by atoms with Crippen molar-refractivity contribution in [2.45, 2.75) is 0 Å². The second-order valence-electron chi connectivity index (χ2n) is 2.97. The van der Waals surface area contributed by atoms with Crippen LogP contribution in [0.5, 0.6) is 0 Å². The van der Waals surface area contributed by atoms with E-state index in [2.05, 4.69) is 0 Å². The summed E-state index contributed by atoms with van der Waals surface area (Å²) in [5.41, 5.74) is -3.58. The van der Waals surface area contributed by atoms with Crippen LogP contribution in [0.3, 0.4) is 0 Å². The maximum atomic E-state index is 11.8. The number of aliphatic carboxylic acids is 2. The lowest BCUT2D eigenvalue weighted by Crippen LogP contribution is -2.59. The zero-order chi connectivity index (χ0) is 18.2. The fourth-order valence-electron chi connectivity index (χ4n) is 0.998. The van der Waals surface area contributed by atoms with E-state index in [-0.39, 0.29) is 0 Å². The Labute approximate surface area is 123 Å². The number of hydrogen-bond acceptors (Lipinski definition) is 6. The molecule has 0 heterocycles. The van der Waals surface area contributed by atoms with Crippen LogP contribution in [0.25, 0.3) is 0 Å². The van der Waals surface area contributed by atoms with Gasteiger partial charge in [0.15, 0.2) is 0 Å². The average Bonchev–Trinajstić information content (AvgIpc) is 2.37. The van der Waals surface area contributed by atoms with E-state index in [9.17, 15) is 28.8 Å². The fraction of sp³-hybridized carbons (Fsp3) is 0.143. The molecule has 0 fully saturated rings. The largest absolute Gasteiger partial charge is 0.480 e. The summed E-state index contributed by atoms with van der Waals surface area (Å²) in [7, 11) is -2.10. The Kier molecular flexibility index (Phi) is 6.30. The Balaban J connectivity index is 5.31. The third-order valence-corrected chi connectivity index (χ3v) is 3.06. The van der Waals surface area contributed by atoms with Crippen molar-refractivity contribution in [2.24, 2.45) is 5.41 Å². The monoisotopic (exact) mass is 342 g/mol. The van der Waals surface area contributed by atoms with Gasteiger partial charge in [0, 0.05) is 0 Å². The predicted octanol–water partition coefficient (Wildman–Crippen LogP) is -3.12. The van der Waals surface area contributed by atoms with E-state index < -0.39 is 59.7 Å². The highest BCUT2D eigenvalue weighted by atomic mass is 31.1. The molecule has 2 atom stereocenters. The highest BCUT2D eigenvalue weighted by molar-refractivity contribution is 7.35. The Bertz CT molecular complexity index is 511. The summed E-state index contributed by atoms with van der Waals surface area (Å²) in [6, 6.07) is 0. The minimum atomic E-state index is -3.58. The normalized spacial score (nSPS) is 12.4. The number of carbonyl (C=O) groups excluding carboxylic acids is 4. The van der Waals surface area contributed by atoms with Gasteiger partial charge in [-0.2, -0.15) is 0 Å². The van der Waals surface area contributed by atoms with Crippen LogP contribution in [-0.4, -0.2) is 46.7 Å². The van der Waals surface area contributed by atoms with E-state index in [0.29, 0.717) is 0 Å². The van der Waals surface area contributed by atoms with Crippen LogP contribution in [0.1, 0.15) is 2.74 Å². The molecule has 0 saturated heterocycles. The SMILES string of the molecule is [2H]C(=O)NPNC(=O)C(C(=O)O)(C(=O)O)C(=O)NPNC([2H])=O. The molecule has 0 aromatic heterocycles. The zero-order valence-corrected chi connectivity index (χ0v) is 11.8. The molecule has 0 bridgehead atoms. The third-order valence-electron chi connectivity index (χ3n) is 1.90. The van der Waals surface area contributed by atoms with E-state index in [1.807, 2.05) is 0 Å². The summed E-state index contributed by atoms with van der Waals surface area (Å²) in [4.78, 5) is 66.7. The number of rotatable bonds is 8. The summed E-state index contributed by atoms with van der Waals surface area (Å²) in [5.74, 6) is -8.18. The lowest BCUT2D eigenvalue weighted by molar-refractivity contribution is -0.171. The minimum absolute atomic E-state index is 1.05. The van der Waals surface area contributed by atoms with Crippen LogP contribution in [-0.2, 0) is 28.8 Å². The minimum Gasteiger partial charge on any atom is -0.480 e. The molecule has 0 rings (SSSR count). The standard InChI is InChI=1S/C7H10N4O8P2/c12-1-8-20-10-3(14)7(5(16)17,6(18)19)4(15)11-21-9-2-13/h1-2,20-21H,(H,8,12)(H,9,13)(H,10,14)(H,11,15)(H,16,17)(H,18,19)/i1D,2D. The molecule has 0 aromatic rings. The Morgan fingerprint density at radius 1 is 0.905 bits per heavy atom. The van der Waals surface area contributed by atoms with E-state index in [4.69, 9.17) is 13.0 Å². The van der Waals surface area contributed by atoms with Gasteiger partial charge in [-0.1, -0.05) is 0 Å². The third kappa shape index (κ3) is 4.33. The number of carboxylic acids is 2. The molecular weight excluding hydrogens is 330 g/mol. The van der Waals surface area contributed by atoms with Crippen molar-refractivity contribution in [1.82, 2.24) is 20.3 Å². The highest BCUT2D eigenvalue weighted by Crippen LogP contribution is 2.22. The van der Waals surface area contributed by atoms with Crippen molar-refractivity contribution >= 4 is 54.3 Å². The van der Waals surface area contributed by atoms with Crippen LogP contribution in [0.2, 0.25) is 0 Å². The first kappa shape index (κ1) is 15.1. The number of hydrogen-bond donors (Lipinski definition) is 6. The van der Waals surface area contributed by atoms with Crippen LogP contribution in [0.15, 0.2) is 0 Å². The Hall–Kier alpha value is -2.32. The molecule has 0 aliphatic heterocycles. The van der Waals surface area contributed by atoms with Crippen LogP contribution < -0.4 is 20.3 Å². The topological polar surface area (TPSA) is 191 Å². The second kappa shape index (κ2) is 8.77. The van der Waals surface area contributed by atoms with E-state index in [1.54, 1.807) is 20.3 Å². The first-order chi connectivity index (χ1) is 10.6. The first-order valence-electron chi connectivity index (χ1n) is 5.67. The molecule has 2 unspecified atom stereocenters. The molecule has 6 N–H and O–H groups in total. The predicted molar refractivity (Wildman–Crippen MR) is 69.0 cm³/mol. The van der Waals surface area contributed by atoms with Crippen LogP contribution >= 0.6 is 17.8 Å². The zero-order valence-electron chi connectivity index (χ0n) is 11.8. The summed E-state index contributed by atoms with van der Waals surface area (Å²) in [6.45, 7) is 0. The molecule has 116 valence electrons. The fourth-order valence-corrected chi connectivity index (χ4v) is 1.83. The van der Waals surface area contributed by atoms with Gasteiger partial charge in [0.05, 0.1) is 17.8 Å². The summed E-state index contributed by atoms with van der Waals surface area (Å²) < 4.78 is 13.0. The van der Waals surface area contributed by atoms with Gasteiger partial charge in [-0.05, 0) is 0 Å². The van der Waals surface area contributed by atoms with Gasteiger partial charge in [-0.15, -0.1) is 0 Å². The van der Waals surface area contributed by atoms with E-state index in [1.165, 1.54) is 0 Å². The van der Waals surface area contributed by atoms with Crippen molar-refractivity contribution in [2.75, 3.05) is 0 Å². The molecule has 12 nitrogen and oxygen atoms in total. The maximum Gasteiger partial charge on any atom is 0.340 e. The van der Waals surface area contributed by atoms with Crippen molar-refractivity contribution in [3.05, 3.63) is 0 Å². The van der Waals surface area contributed by atoms with Crippen LogP contribution in [0.4, 0.5) is 0 Å². The maximum absolute atomic E-state index is 11.8. The van der Waals surface area contributed by atoms with Crippen molar-refractivity contribution in [1.29, 1.82) is 0 Å². The first-order valence-corrected chi connectivity index (χ1v) is 6.67. The van der Waals surface area contributed by atoms with Gasteiger partial charge in [0.2, 0.25) is 12.8 Å². The number of nitrogens with one attached hydrogen (secondary N) is 4. The molecule has 4 amide bonds. The lowest BCUT2D eigenvalue weighted by Gasteiger charge is -2.22. The van der Waals surface area contributed by atoms with Gasteiger partial charge in [-0.25, -0.2) is 9.59 Å². The van der Waals surface area contributed by atoms with Gasteiger partial charge < -0.3 is 30.6 Å². The molecule has 0 aliphatic rings. The van der Waals surface area contributed by atoms with Gasteiger partial charge in [0.1, 0.15) is 2.74 Å². The molecule has 0 radical (unpaired) electrons. The Morgan fingerprint density at radius 2 is 1.24 bits per heavy atom. The van der Waals surface area contributed by atoms with Gasteiger partial charge in [-0.3, -0.25) is 19.2 Å². The van der Waals surface area contributed by atoms with E-state index >= 15 is 0 Å². The highest BCUT2D eigenvalue weighted by Gasteiger charge is 2.60. The summed E-state index contributed by atoms with van der Waals surface area (Å²) in [5, 5.41) is 24.9. The summed E-state index contributed by atoms with van der Waals surface area (Å²) in [6.07, 6.45) is -2.66. The summed E-state index contributed by atoms with van der Waals surface area (Å²) >= 11 is 0. The van der Waals surface area contributed by atoms with Crippen molar-refractivity contribution in [3.63, 3.8) is 0 Å². The molecular formula is C7H10N4O8P2. The second-order valence-corrected chi connectivity index (χ2v) is 4.47. The Morgan fingerprint density at radius 3 is 1.48 bits per heavy atom. The molecule has 14 heteroatoms. The van der Waals surface area contributed by atoms with Crippen molar-refractivity contribution in [3.8, 4) is 0 Å². The van der Waals surface area contributed by atoms with Gasteiger partial charge in [0.25, 0.3) is 11.8 Å². The molecule has 21 heavy (non-hydrogen) atoms. The smallest absolute Gasteiger partial charge is 0.340 e. The lowest BCUT2D eigenvalue weighted by atomic mass is 9.86. The molecule has 0 aromatic carbocycles. The molecule has 0 spiro atoms. The quantitative estimate of drug-likeness (QED) is 0.152. The average molecular weight is 342 g/mol. The van der Waals surface area contributed by atoms with E-state index in [0.717, 1.165) is 0 Å². The van der Waals surface area contributed by atoms with Gasteiger partial charge >= 0.3 is 17.4 Å². The van der Waals surface area contributed by atoms with Crippen LogP contribution in [0, 0.1) is 5.41 Å². The number of carbonyl (C=O) groups is 6.